The van der Waals surface area contributed by atoms with Crippen LogP contribution in [-0.4, -0.2) is 27.5 Å². The predicted octanol–water partition coefficient (Wildman–Crippen LogP) is 3.73. The zero-order valence-electron chi connectivity index (χ0n) is 15.1. The Bertz CT molecular complexity index is 814. The number of pyridine rings is 1. The quantitative estimate of drug-likeness (QED) is 0.851. The Hall–Kier alpha value is -2.80. The monoisotopic (exact) mass is 333 g/mol. The number of hydrogen-bond donors (Lipinski definition) is 1. The lowest BCUT2D eigenvalue weighted by atomic mass is 9.91. The largest absolute Gasteiger partial charge is 0.327 e. The molecule has 128 valence electrons. The summed E-state index contributed by atoms with van der Waals surface area (Å²) in [5.41, 5.74) is 2.35. The molecule has 1 saturated heterocycles. The standard InChI is InChI=1S/C21H23N3O/c1-15(2)24-20(25)23-19(21(24,3)4)18-13-12-17(14-22-18)11-10-16-8-6-5-7-9-16/h5-9,12-15,19H,1-4H3,(H,23,25). The molecule has 0 aliphatic carbocycles. The van der Waals surface area contributed by atoms with Gasteiger partial charge in [0.15, 0.2) is 0 Å². The van der Waals surface area contributed by atoms with Crippen LogP contribution in [-0.2, 0) is 0 Å². The first-order valence-corrected chi connectivity index (χ1v) is 8.52. The first-order chi connectivity index (χ1) is 11.9. The summed E-state index contributed by atoms with van der Waals surface area (Å²) in [5.74, 6) is 6.25. The molecule has 0 radical (unpaired) electrons. The first kappa shape index (κ1) is 17.0. The maximum Gasteiger partial charge on any atom is 0.318 e. The first-order valence-electron chi connectivity index (χ1n) is 8.52. The van der Waals surface area contributed by atoms with Crippen molar-refractivity contribution in [2.24, 2.45) is 0 Å². The highest BCUT2D eigenvalue weighted by Crippen LogP contribution is 2.36. The van der Waals surface area contributed by atoms with Gasteiger partial charge in [-0.3, -0.25) is 4.98 Å². The van der Waals surface area contributed by atoms with E-state index in [-0.39, 0.29) is 23.7 Å². The number of carbonyl (C=O) groups excluding carboxylic acids is 1. The van der Waals surface area contributed by atoms with Gasteiger partial charge in [0.2, 0.25) is 0 Å². The van der Waals surface area contributed by atoms with Gasteiger partial charge in [0.05, 0.1) is 17.3 Å². The van der Waals surface area contributed by atoms with Gasteiger partial charge in [0.1, 0.15) is 0 Å². The molecular formula is C21H23N3O. The number of urea groups is 1. The lowest BCUT2D eigenvalue weighted by molar-refractivity contribution is 0.137. The lowest BCUT2D eigenvalue weighted by Crippen LogP contribution is -2.47. The van der Waals surface area contributed by atoms with Gasteiger partial charge in [0.25, 0.3) is 0 Å². The fraction of sp³-hybridized carbons (Fsp3) is 0.333. The van der Waals surface area contributed by atoms with Crippen molar-refractivity contribution < 1.29 is 4.79 Å². The summed E-state index contributed by atoms with van der Waals surface area (Å²) < 4.78 is 0. The molecule has 4 heteroatoms. The third-order valence-corrected chi connectivity index (χ3v) is 4.54. The molecule has 0 bridgehead atoms. The third kappa shape index (κ3) is 3.36. The summed E-state index contributed by atoms with van der Waals surface area (Å²) in [6.07, 6.45) is 1.77. The Kier molecular flexibility index (Phi) is 4.50. The van der Waals surface area contributed by atoms with Crippen LogP contribution in [0, 0.1) is 11.8 Å². The molecule has 1 atom stereocenters. The number of aromatic nitrogens is 1. The van der Waals surface area contributed by atoms with Crippen molar-refractivity contribution in [3.8, 4) is 11.8 Å². The molecule has 4 nitrogen and oxygen atoms in total. The summed E-state index contributed by atoms with van der Waals surface area (Å²) >= 11 is 0. The van der Waals surface area contributed by atoms with Gasteiger partial charge >= 0.3 is 6.03 Å². The van der Waals surface area contributed by atoms with Crippen molar-refractivity contribution in [1.82, 2.24) is 15.2 Å². The molecule has 25 heavy (non-hydrogen) atoms. The molecular weight excluding hydrogens is 310 g/mol. The van der Waals surface area contributed by atoms with E-state index in [0.29, 0.717) is 0 Å². The summed E-state index contributed by atoms with van der Waals surface area (Å²) in [6.45, 7) is 8.19. The summed E-state index contributed by atoms with van der Waals surface area (Å²) in [6, 6.07) is 13.7. The third-order valence-electron chi connectivity index (χ3n) is 4.54. The van der Waals surface area contributed by atoms with Gasteiger partial charge in [-0.15, -0.1) is 0 Å². The van der Waals surface area contributed by atoms with Crippen molar-refractivity contribution in [3.05, 3.63) is 65.5 Å². The summed E-state index contributed by atoms with van der Waals surface area (Å²) in [7, 11) is 0. The Morgan fingerprint density at radius 3 is 2.32 bits per heavy atom. The Balaban J connectivity index is 1.82. The maximum atomic E-state index is 12.3. The van der Waals surface area contributed by atoms with Gasteiger partial charge in [-0.1, -0.05) is 30.0 Å². The minimum absolute atomic E-state index is 0.0419. The average Bonchev–Trinajstić information content (AvgIpc) is 2.83. The fourth-order valence-corrected chi connectivity index (χ4v) is 3.42. The molecule has 0 saturated carbocycles. The van der Waals surface area contributed by atoms with Crippen molar-refractivity contribution in [3.63, 3.8) is 0 Å². The van der Waals surface area contributed by atoms with Gasteiger partial charge in [0, 0.05) is 23.4 Å². The van der Waals surface area contributed by atoms with Crippen LogP contribution < -0.4 is 5.32 Å². The van der Waals surface area contributed by atoms with Gasteiger partial charge in [-0.05, 0) is 52.0 Å². The van der Waals surface area contributed by atoms with E-state index in [2.05, 4.69) is 36.0 Å². The fourth-order valence-electron chi connectivity index (χ4n) is 3.42. The van der Waals surface area contributed by atoms with E-state index in [9.17, 15) is 4.79 Å². The molecule has 1 aliphatic heterocycles. The van der Waals surface area contributed by atoms with Crippen molar-refractivity contribution in [2.45, 2.75) is 45.3 Å². The SMILES string of the molecule is CC(C)N1C(=O)NC(c2ccc(C#Cc3ccccc3)cn2)C1(C)C. The summed E-state index contributed by atoms with van der Waals surface area (Å²) in [4.78, 5) is 18.7. The second-order valence-corrected chi connectivity index (χ2v) is 7.09. The zero-order valence-corrected chi connectivity index (χ0v) is 15.1. The van der Waals surface area contributed by atoms with Crippen LogP contribution in [0.4, 0.5) is 4.79 Å². The van der Waals surface area contributed by atoms with E-state index in [1.54, 1.807) is 6.20 Å². The molecule has 0 spiro atoms. The van der Waals surface area contributed by atoms with Crippen LogP contribution in [0.25, 0.3) is 0 Å². The zero-order chi connectivity index (χ0) is 18.0. The Labute approximate surface area is 149 Å². The highest BCUT2D eigenvalue weighted by Gasteiger charge is 2.48. The molecule has 1 aromatic carbocycles. The lowest BCUT2D eigenvalue weighted by Gasteiger charge is -2.36. The maximum absolute atomic E-state index is 12.3. The Morgan fingerprint density at radius 2 is 1.76 bits per heavy atom. The second kappa shape index (κ2) is 6.60. The topological polar surface area (TPSA) is 45.2 Å². The number of rotatable bonds is 2. The van der Waals surface area contributed by atoms with E-state index >= 15 is 0 Å². The van der Waals surface area contributed by atoms with E-state index in [0.717, 1.165) is 16.8 Å². The van der Waals surface area contributed by atoms with Crippen LogP contribution in [0.1, 0.15) is 50.6 Å². The van der Waals surface area contributed by atoms with E-state index in [1.165, 1.54) is 0 Å². The smallest absolute Gasteiger partial charge is 0.318 e. The average molecular weight is 333 g/mol. The Morgan fingerprint density at radius 1 is 1.08 bits per heavy atom. The number of carbonyl (C=O) groups is 1. The van der Waals surface area contributed by atoms with Crippen molar-refractivity contribution >= 4 is 6.03 Å². The number of nitrogens with one attached hydrogen (secondary N) is 1. The molecule has 2 heterocycles. The minimum Gasteiger partial charge on any atom is -0.327 e. The normalized spacial score (nSPS) is 18.7. The number of benzene rings is 1. The molecule has 1 unspecified atom stereocenters. The molecule has 1 N–H and O–H groups in total. The molecule has 1 fully saturated rings. The number of amides is 2. The van der Waals surface area contributed by atoms with Gasteiger partial charge < -0.3 is 10.2 Å². The van der Waals surface area contributed by atoms with Crippen LogP contribution >= 0.6 is 0 Å². The molecule has 1 aliphatic rings. The molecule has 3 rings (SSSR count). The van der Waals surface area contributed by atoms with Crippen LogP contribution in [0.5, 0.6) is 0 Å². The van der Waals surface area contributed by atoms with Crippen molar-refractivity contribution in [2.75, 3.05) is 0 Å². The van der Waals surface area contributed by atoms with Gasteiger partial charge in [-0.25, -0.2) is 4.79 Å². The van der Waals surface area contributed by atoms with Crippen LogP contribution in [0.2, 0.25) is 0 Å². The van der Waals surface area contributed by atoms with Crippen molar-refractivity contribution in [1.29, 1.82) is 0 Å². The molecule has 2 aromatic rings. The van der Waals surface area contributed by atoms with Crippen LogP contribution in [0.15, 0.2) is 48.7 Å². The molecule has 2 amide bonds. The number of hydrogen-bond acceptors (Lipinski definition) is 2. The predicted molar refractivity (Wildman–Crippen MR) is 99.0 cm³/mol. The van der Waals surface area contributed by atoms with E-state index < -0.39 is 0 Å². The number of nitrogens with zero attached hydrogens (tertiary/aromatic N) is 2. The minimum atomic E-state index is -0.338. The van der Waals surface area contributed by atoms with E-state index in [4.69, 9.17) is 0 Å². The second-order valence-electron chi connectivity index (χ2n) is 7.09. The molecule has 1 aromatic heterocycles. The van der Waals surface area contributed by atoms with Crippen LogP contribution in [0.3, 0.4) is 0 Å². The highest BCUT2D eigenvalue weighted by molar-refractivity contribution is 5.79. The van der Waals surface area contributed by atoms with Gasteiger partial charge in [-0.2, -0.15) is 0 Å². The van der Waals surface area contributed by atoms with E-state index in [1.807, 2.05) is 61.2 Å². The highest BCUT2D eigenvalue weighted by atomic mass is 16.2. The summed E-state index contributed by atoms with van der Waals surface area (Å²) in [5, 5.41) is 3.06.